The first-order valence-electron chi connectivity index (χ1n) is 6.98. The predicted octanol–water partition coefficient (Wildman–Crippen LogP) is 1.34. The summed E-state index contributed by atoms with van der Waals surface area (Å²) in [6, 6.07) is -0.106. The van der Waals surface area contributed by atoms with Crippen molar-refractivity contribution in [2.24, 2.45) is 0 Å². The number of hydrogen-bond donors (Lipinski definition) is 2. The highest BCUT2D eigenvalue weighted by molar-refractivity contribution is 5.80. The summed E-state index contributed by atoms with van der Waals surface area (Å²) in [5.74, 6) is -0.0334. The summed E-state index contributed by atoms with van der Waals surface area (Å²) < 4.78 is 1.50. The van der Waals surface area contributed by atoms with Crippen molar-refractivity contribution in [3.05, 3.63) is 11.9 Å². The van der Waals surface area contributed by atoms with E-state index in [-0.39, 0.29) is 5.91 Å². The van der Waals surface area contributed by atoms with Gasteiger partial charge in [-0.05, 0) is 26.7 Å². The lowest BCUT2D eigenvalue weighted by Gasteiger charge is -2.24. The zero-order valence-electron chi connectivity index (χ0n) is 11.5. The average molecular weight is 266 g/mol. The van der Waals surface area contributed by atoms with Crippen molar-refractivity contribution in [1.29, 1.82) is 0 Å². The molecule has 1 aliphatic rings. The molecule has 1 saturated carbocycles. The Hall–Kier alpha value is -1.43. The second kappa shape index (κ2) is 6.14. The highest BCUT2D eigenvalue weighted by atomic mass is 16.3. The molecule has 6 heteroatoms. The van der Waals surface area contributed by atoms with Crippen LogP contribution < -0.4 is 5.32 Å². The number of amides is 1. The number of aromatic nitrogens is 3. The van der Waals surface area contributed by atoms with Crippen LogP contribution in [0.25, 0.3) is 0 Å². The number of hydrogen-bond acceptors (Lipinski definition) is 4. The van der Waals surface area contributed by atoms with Gasteiger partial charge in [0.25, 0.3) is 0 Å². The Kier molecular flexibility index (Phi) is 4.52. The highest BCUT2D eigenvalue weighted by Crippen LogP contribution is 2.18. The van der Waals surface area contributed by atoms with Crippen LogP contribution in [0.15, 0.2) is 6.20 Å². The Bertz CT molecular complexity index is 424. The number of rotatable bonds is 4. The lowest BCUT2D eigenvalue weighted by atomic mass is 9.95. The first kappa shape index (κ1) is 14.0. The first-order chi connectivity index (χ1) is 9.08. The Balaban J connectivity index is 1.93. The maximum absolute atomic E-state index is 12.1. The highest BCUT2D eigenvalue weighted by Gasteiger charge is 2.22. The fourth-order valence-corrected chi connectivity index (χ4v) is 2.36. The van der Waals surface area contributed by atoms with Gasteiger partial charge in [0, 0.05) is 6.04 Å². The van der Waals surface area contributed by atoms with Crippen LogP contribution in [0.1, 0.15) is 63.8 Å². The maximum atomic E-state index is 12.1. The maximum Gasteiger partial charge on any atom is 0.244 e. The zero-order valence-corrected chi connectivity index (χ0v) is 11.5. The summed E-state index contributed by atoms with van der Waals surface area (Å²) in [6.07, 6.45) is 6.73. The average Bonchev–Trinajstić information content (AvgIpc) is 2.88. The van der Waals surface area contributed by atoms with Crippen molar-refractivity contribution in [2.45, 2.75) is 64.1 Å². The van der Waals surface area contributed by atoms with Gasteiger partial charge in [-0.15, -0.1) is 5.10 Å². The molecule has 0 radical (unpaired) electrons. The molecule has 6 nitrogen and oxygen atoms in total. The Morgan fingerprint density at radius 3 is 2.68 bits per heavy atom. The molecule has 1 aliphatic carbocycles. The van der Waals surface area contributed by atoms with Crippen molar-refractivity contribution >= 4 is 5.91 Å². The van der Waals surface area contributed by atoms with Crippen molar-refractivity contribution in [1.82, 2.24) is 20.3 Å². The van der Waals surface area contributed by atoms with Crippen LogP contribution in [-0.2, 0) is 4.79 Å². The molecule has 1 aromatic heterocycles. The predicted molar refractivity (Wildman–Crippen MR) is 70.4 cm³/mol. The molecule has 2 N–H and O–H groups in total. The van der Waals surface area contributed by atoms with E-state index in [0.717, 1.165) is 12.8 Å². The minimum Gasteiger partial charge on any atom is -0.387 e. The molecule has 1 fully saturated rings. The fourth-order valence-electron chi connectivity index (χ4n) is 2.36. The summed E-state index contributed by atoms with van der Waals surface area (Å²) in [7, 11) is 0. The van der Waals surface area contributed by atoms with Gasteiger partial charge in [0.2, 0.25) is 5.91 Å². The summed E-state index contributed by atoms with van der Waals surface area (Å²) in [5, 5.41) is 20.2. The molecule has 19 heavy (non-hydrogen) atoms. The quantitative estimate of drug-likeness (QED) is 0.862. The number of nitrogens with one attached hydrogen (secondary N) is 1. The molecule has 0 spiro atoms. The van der Waals surface area contributed by atoms with E-state index < -0.39 is 12.1 Å². The van der Waals surface area contributed by atoms with Crippen molar-refractivity contribution in [2.75, 3.05) is 0 Å². The smallest absolute Gasteiger partial charge is 0.244 e. The van der Waals surface area contributed by atoms with Crippen molar-refractivity contribution < 1.29 is 9.90 Å². The van der Waals surface area contributed by atoms with Crippen LogP contribution in [-0.4, -0.2) is 32.0 Å². The van der Waals surface area contributed by atoms with Gasteiger partial charge >= 0.3 is 0 Å². The summed E-state index contributed by atoms with van der Waals surface area (Å²) in [6.45, 7) is 3.42. The van der Waals surface area contributed by atoms with Crippen LogP contribution in [0.5, 0.6) is 0 Å². The van der Waals surface area contributed by atoms with E-state index in [1.807, 2.05) is 0 Å². The van der Waals surface area contributed by atoms with Crippen LogP contribution in [0.3, 0.4) is 0 Å². The molecule has 0 bridgehead atoms. The van der Waals surface area contributed by atoms with Crippen LogP contribution in [0, 0.1) is 0 Å². The molecule has 0 aromatic carbocycles. The molecule has 1 heterocycles. The standard InChI is InChI=1S/C13H22N4O2/c1-9(17-8-12(10(2)18)15-16-17)13(19)14-11-6-4-3-5-7-11/h8-11,18H,3-7H2,1-2H3,(H,14,19). The normalized spacial score (nSPS) is 19.9. The number of carbonyl (C=O) groups is 1. The molecule has 1 amide bonds. The number of aliphatic hydroxyl groups is 1. The fraction of sp³-hybridized carbons (Fsp3) is 0.769. The molecular formula is C13H22N4O2. The largest absolute Gasteiger partial charge is 0.387 e. The van der Waals surface area contributed by atoms with Gasteiger partial charge in [-0.25, -0.2) is 4.68 Å². The summed E-state index contributed by atoms with van der Waals surface area (Å²) in [5.41, 5.74) is 0.484. The zero-order chi connectivity index (χ0) is 13.8. The minimum absolute atomic E-state index is 0.0334. The van der Waals surface area contributed by atoms with Gasteiger partial charge in [-0.2, -0.15) is 0 Å². The summed E-state index contributed by atoms with van der Waals surface area (Å²) in [4.78, 5) is 12.1. The number of aliphatic hydroxyl groups excluding tert-OH is 1. The third-order valence-corrected chi connectivity index (χ3v) is 3.68. The molecule has 2 unspecified atom stereocenters. The van der Waals surface area contributed by atoms with Gasteiger partial charge < -0.3 is 10.4 Å². The Morgan fingerprint density at radius 1 is 1.42 bits per heavy atom. The molecule has 0 saturated heterocycles. The molecular weight excluding hydrogens is 244 g/mol. The van der Waals surface area contributed by atoms with E-state index in [1.165, 1.54) is 23.9 Å². The van der Waals surface area contributed by atoms with Gasteiger partial charge in [-0.3, -0.25) is 4.79 Å². The van der Waals surface area contributed by atoms with E-state index >= 15 is 0 Å². The Labute approximate surface area is 113 Å². The van der Waals surface area contributed by atoms with Gasteiger partial charge in [0.15, 0.2) is 0 Å². The van der Waals surface area contributed by atoms with Crippen molar-refractivity contribution in [3.8, 4) is 0 Å². The molecule has 2 atom stereocenters. The van der Waals surface area contributed by atoms with E-state index in [1.54, 1.807) is 20.0 Å². The lowest BCUT2D eigenvalue weighted by Crippen LogP contribution is -2.40. The van der Waals surface area contributed by atoms with Gasteiger partial charge in [0.1, 0.15) is 11.7 Å². The van der Waals surface area contributed by atoms with Crippen LogP contribution >= 0.6 is 0 Å². The van der Waals surface area contributed by atoms with Crippen LogP contribution in [0.4, 0.5) is 0 Å². The van der Waals surface area contributed by atoms with E-state index in [9.17, 15) is 9.90 Å². The van der Waals surface area contributed by atoms with Crippen molar-refractivity contribution in [3.63, 3.8) is 0 Å². The van der Waals surface area contributed by atoms with Crippen LogP contribution in [0.2, 0.25) is 0 Å². The van der Waals surface area contributed by atoms with E-state index in [4.69, 9.17) is 0 Å². The molecule has 106 valence electrons. The lowest BCUT2D eigenvalue weighted by molar-refractivity contribution is -0.125. The van der Waals surface area contributed by atoms with E-state index in [0.29, 0.717) is 11.7 Å². The topological polar surface area (TPSA) is 80.0 Å². The molecule has 1 aromatic rings. The number of carbonyl (C=O) groups excluding carboxylic acids is 1. The van der Waals surface area contributed by atoms with E-state index in [2.05, 4.69) is 15.6 Å². The third kappa shape index (κ3) is 3.53. The molecule has 2 rings (SSSR count). The second-order valence-electron chi connectivity index (χ2n) is 5.32. The second-order valence-corrected chi connectivity index (χ2v) is 5.32. The Morgan fingerprint density at radius 2 is 2.11 bits per heavy atom. The van der Waals surface area contributed by atoms with Gasteiger partial charge in [-0.1, -0.05) is 24.5 Å². The van der Waals surface area contributed by atoms with Gasteiger partial charge in [0.05, 0.1) is 12.3 Å². The molecule has 0 aliphatic heterocycles. The minimum atomic E-state index is -0.664. The SMILES string of the molecule is CC(O)c1cn(C(C)C(=O)NC2CCCCC2)nn1. The monoisotopic (exact) mass is 266 g/mol. The first-order valence-corrected chi connectivity index (χ1v) is 6.98. The third-order valence-electron chi connectivity index (χ3n) is 3.68. The summed E-state index contributed by atoms with van der Waals surface area (Å²) >= 11 is 0. The number of nitrogens with zero attached hydrogens (tertiary/aromatic N) is 3.